The molecule has 0 atom stereocenters. The van der Waals surface area contributed by atoms with Gasteiger partial charge >= 0.3 is 39.0 Å². The zero-order valence-corrected chi connectivity index (χ0v) is 25.7. The first-order chi connectivity index (χ1) is 16.3. The van der Waals surface area contributed by atoms with E-state index < -0.39 is 0 Å². The second-order valence-corrected chi connectivity index (χ2v) is 6.20. The van der Waals surface area contributed by atoms with E-state index in [4.69, 9.17) is 0 Å². The Morgan fingerprint density at radius 3 is 0.725 bits per heavy atom. The molecule has 0 aliphatic heterocycles. The summed E-state index contributed by atoms with van der Waals surface area (Å²) in [6.07, 6.45) is 13.6. The van der Waals surface area contributed by atoms with Crippen LogP contribution in [0.1, 0.15) is 0 Å². The topological polar surface area (TPSA) is 259 Å². The maximum absolute atomic E-state index is 4.19. The summed E-state index contributed by atoms with van der Waals surface area (Å²) in [7, 11) is 3.50. The van der Waals surface area contributed by atoms with Gasteiger partial charge in [-0.1, -0.05) is 24.3 Å². The standard InChI is InChI=1S/2C10H8N2.C4H4N2.C2H6N.5H2N.2Ru/c2*1-3-7-11-9(5-1)10-6-2-4-8-12-10;1-2-6-4-3-5-1;1-3-2;;;;;;;/h2*1-8H;1-4H;1-2H3;5*1H2;;/q;;;6*-1;+1;+5. The first-order valence-electron chi connectivity index (χ1n) is 10.2. The van der Waals surface area contributed by atoms with E-state index in [0.717, 1.165) is 22.8 Å². The van der Waals surface area contributed by atoms with Crippen molar-refractivity contribution in [2.45, 2.75) is 0 Å². The Bertz CT molecular complexity index is 924. The first-order valence-corrected chi connectivity index (χ1v) is 10.2. The fourth-order valence-corrected chi connectivity index (χ4v) is 2.31. The Labute approximate surface area is 263 Å². The molecule has 2 radical (unpaired) electrons. The zero-order chi connectivity index (χ0) is 23.4. The fraction of sp³-hybridized carbons (Fsp3) is 0.0769. The largest absolute Gasteiger partial charge is 5.00 e. The minimum atomic E-state index is 0. The third kappa shape index (κ3) is 21.6. The van der Waals surface area contributed by atoms with E-state index in [9.17, 15) is 0 Å². The number of hydrogen-bond acceptors (Lipinski definition) is 6. The van der Waals surface area contributed by atoms with Gasteiger partial charge in [-0.05, 0) is 48.5 Å². The summed E-state index contributed by atoms with van der Waals surface area (Å²) in [5.41, 5.74) is 3.66. The Morgan fingerprint density at radius 2 is 0.600 bits per heavy atom. The van der Waals surface area contributed by atoms with E-state index >= 15 is 0 Å². The molecule has 5 aromatic heterocycles. The predicted octanol–water partition coefficient (Wildman–Crippen LogP) is 8.96. The molecular weight excluding hydrogens is 683 g/mol. The van der Waals surface area contributed by atoms with Crippen LogP contribution in [0.25, 0.3) is 58.8 Å². The molecule has 14 heteroatoms. The second-order valence-electron chi connectivity index (χ2n) is 6.20. The van der Waals surface area contributed by atoms with Crippen LogP contribution < -0.4 is 0 Å². The normalized spacial score (nSPS) is 7.45. The van der Waals surface area contributed by atoms with Crippen LogP contribution >= 0.6 is 0 Å². The molecule has 5 aromatic rings. The predicted molar refractivity (Wildman–Crippen MR) is 159 cm³/mol. The number of pyridine rings is 4. The van der Waals surface area contributed by atoms with E-state index in [1.807, 2.05) is 72.8 Å². The van der Waals surface area contributed by atoms with Gasteiger partial charge in [0, 0.05) is 49.6 Å². The summed E-state index contributed by atoms with van der Waals surface area (Å²) in [5, 5.41) is 3.50. The number of nitrogens with two attached hydrogens (primary N) is 5. The maximum atomic E-state index is 4.19. The Kier molecular flexibility index (Phi) is 41.8. The zero-order valence-electron chi connectivity index (χ0n) is 22.3. The van der Waals surface area contributed by atoms with Gasteiger partial charge in [0.2, 0.25) is 0 Å². The molecular formula is C26H36N12Ru2. The molecule has 40 heavy (non-hydrogen) atoms. The molecule has 0 fully saturated rings. The monoisotopic (exact) mass is 720 g/mol. The van der Waals surface area contributed by atoms with Gasteiger partial charge < -0.3 is 36.1 Å². The molecule has 0 saturated carbocycles. The third-order valence-electron chi connectivity index (χ3n) is 3.66. The quantitative estimate of drug-likeness (QED) is 0.161. The van der Waals surface area contributed by atoms with E-state index in [-0.39, 0.29) is 69.7 Å². The third-order valence-corrected chi connectivity index (χ3v) is 3.66. The summed E-state index contributed by atoms with van der Waals surface area (Å²) in [5.74, 6) is 0. The van der Waals surface area contributed by atoms with Crippen molar-refractivity contribution in [2.75, 3.05) is 14.1 Å². The van der Waals surface area contributed by atoms with Gasteiger partial charge in [0.25, 0.3) is 0 Å². The number of hydrogen-bond donors (Lipinski definition) is 0. The van der Waals surface area contributed by atoms with Crippen molar-refractivity contribution >= 4 is 0 Å². The van der Waals surface area contributed by atoms with Crippen LogP contribution in [0, 0.1) is 0 Å². The molecule has 0 spiro atoms. The van der Waals surface area contributed by atoms with Crippen LogP contribution in [0.3, 0.4) is 0 Å². The average molecular weight is 719 g/mol. The maximum Gasteiger partial charge on any atom is 5.00 e. The fourth-order valence-electron chi connectivity index (χ4n) is 2.31. The molecule has 0 unspecified atom stereocenters. The Balaban J connectivity index is -0.0000000985. The summed E-state index contributed by atoms with van der Waals surface area (Å²) in [4.78, 5) is 24.2. The Morgan fingerprint density at radius 1 is 0.400 bits per heavy atom. The molecule has 0 aliphatic rings. The van der Waals surface area contributed by atoms with Crippen LogP contribution in [0.2, 0.25) is 0 Å². The van der Waals surface area contributed by atoms with Gasteiger partial charge in [-0.25, -0.2) is 0 Å². The summed E-state index contributed by atoms with van der Waals surface area (Å²) in [6, 6.07) is 23.2. The summed E-state index contributed by atoms with van der Waals surface area (Å²) >= 11 is 0. The van der Waals surface area contributed by atoms with Gasteiger partial charge in [-0.3, -0.25) is 29.9 Å². The van der Waals surface area contributed by atoms with Crippen molar-refractivity contribution in [3.8, 4) is 22.8 Å². The molecule has 10 N–H and O–H groups in total. The van der Waals surface area contributed by atoms with Crippen LogP contribution in [0.4, 0.5) is 0 Å². The van der Waals surface area contributed by atoms with Crippen molar-refractivity contribution in [1.29, 1.82) is 0 Å². The van der Waals surface area contributed by atoms with Crippen molar-refractivity contribution in [2.24, 2.45) is 0 Å². The van der Waals surface area contributed by atoms with Crippen molar-refractivity contribution in [3.63, 3.8) is 0 Å². The summed E-state index contributed by atoms with van der Waals surface area (Å²) in [6.45, 7) is 0. The van der Waals surface area contributed by atoms with Gasteiger partial charge in [0.1, 0.15) is 0 Å². The first kappa shape index (κ1) is 49.6. The number of nitrogens with zero attached hydrogens (tertiary/aromatic N) is 7. The van der Waals surface area contributed by atoms with E-state index in [1.165, 1.54) is 0 Å². The van der Waals surface area contributed by atoms with Crippen LogP contribution in [-0.4, -0.2) is 44.0 Å². The smallest absolute Gasteiger partial charge is 0.693 e. The van der Waals surface area contributed by atoms with Crippen LogP contribution in [0.15, 0.2) is 122 Å². The van der Waals surface area contributed by atoms with E-state index in [0.29, 0.717) is 0 Å². The van der Waals surface area contributed by atoms with Crippen LogP contribution in [0.5, 0.6) is 0 Å². The van der Waals surface area contributed by atoms with Crippen molar-refractivity contribution < 1.29 is 39.0 Å². The minimum Gasteiger partial charge on any atom is -0.693 e. The van der Waals surface area contributed by atoms with Gasteiger partial charge in [-0.2, -0.15) is 14.1 Å². The van der Waals surface area contributed by atoms with Gasteiger partial charge in [0.05, 0.1) is 22.8 Å². The van der Waals surface area contributed by atoms with Gasteiger partial charge in [0.15, 0.2) is 0 Å². The molecule has 12 nitrogen and oxygen atoms in total. The molecule has 0 amide bonds. The number of rotatable bonds is 2. The van der Waals surface area contributed by atoms with Crippen molar-refractivity contribution in [3.05, 3.63) is 158 Å². The minimum absolute atomic E-state index is 0. The molecule has 5 rings (SSSR count). The molecule has 0 aliphatic carbocycles. The molecule has 0 aromatic carbocycles. The molecule has 5 heterocycles. The molecule has 0 bridgehead atoms. The summed E-state index contributed by atoms with van der Waals surface area (Å²) < 4.78 is 0. The Hall–Kier alpha value is -3.31. The second kappa shape index (κ2) is 33.7. The molecule has 0 saturated heterocycles. The van der Waals surface area contributed by atoms with Crippen LogP contribution in [-0.2, 0) is 39.0 Å². The average Bonchev–Trinajstić information content (AvgIpc) is 2.93. The van der Waals surface area contributed by atoms with E-state index in [1.54, 1.807) is 63.7 Å². The van der Waals surface area contributed by atoms with Gasteiger partial charge in [-0.15, -0.1) is 0 Å². The van der Waals surface area contributed by atoms with E-state index in [2.05, 4.69) is 35.2 Å². The SMILES string of the molecule is C[N-]C.[NH2-].[NH2-].[NH2-].[NH2-].[NH2-].[Ru+5].[Ru+].c1ccc(-c2ccccn2)nc1.c1ccc(-c2ccccn2)nc1.c1cnccn1. The van der Waals surface area contributed by atoms with Crippen molar-refractivity contribution in [1.82, 2.24) is 29.9 Å². The molecule has 216 valence electrons. The number of aromatic nitrogens is 6.